The fraction of sp³-hybridized carbons (Fsp3) is 0.316. The predicted octanol–water partition coefficient (Wildman–Crippen LogP) is 3.03. The van der Waals surface area contributed by atoms with E-state index in [0.717, 1.165) is 4.68 Å². The van der Waals surface area contributed by atoms with Crippen molar-refractivity contribution in [2.75, 3.05) is 0 Å². The molecule has 1 aromatic carbocycles. The van der Waals surface area contributed by atoms with E-state index in [-0.39, 0.29) is 12.1 Å². The van der Waals surface area contributed by atoms with Gasteiger partial charge in [0.1, 0.15) is 23.8 Å². The molecule has 136 valence electrons. The Balaban J connectivity index is 1.86. The molecule has 1 N–H and O–H groups in total. The first-order valence-electron chi connectivity index (χ1n) is 8.13. The van der Waals surface area contributed by atoms with E-state index in [4.69, 9.17) is 4.74 Å². The van der Waals surface area contributed by atoms with Gasteiger partial charge in [-0.1, -0.05) is 0 Å². The molecule has 0 fully saturated rings. The van der Waals surface area contributed by atoms with Gasteiger partial charge in [-0.3, -0.25) is 4.79 Å². The van der Waals surface area contributed by atoms with Gasteiger partial charge in [-0.25, -0.2) is 9.18 Å². The predicted molar refractivity (Wildman–Crippen MR) is 92.1 cm³/mol. The van der Waals surface area contributed by atoms with E-state index in [1.807, 2.05) is 0 Å². The second kappa shape index (κ2) is 6.49. The summed E-state index contributed by atoms with van der Waals surface area (Å²) in [5.41, 5.74) is 1.29. The number of fused-ring (bicyclic) bond motifs is 1. The van der Waals surface area contributed by atoms with Crippen LogP contribution in [0.2, 0.25) is 0 Å². The molecule has 0 saturated carbocycles. The molecule has 1 aliphatic rings. The minimum Gasteiger partial charge on any atom is -0.442 e. The van der Waals surface area contributed by atoms with E-state index in [2.05, 4.69) is 5.10 Å². The molecule has 1 atom stereocenters. The normalized spacial score (nSPS) is 14.6. The first-order valence-corrected chi connectivity index (χ1v) is 8.13. The molecule has 0 amide bonds. The number of hydrogen-bond acceptors (Lipinski definition) is 5. The number of halogens is 1. The fourth-order valence-electron chi connectivity index (χ4n) is 2.75. The van der Waals surface area contributed by atoms with Crippen molar-refractivity contribution in [3.63, 3.8) is 0 Å². The van der Waals surface area contributed by atoms with Crippen LogP contribution in [0.1, 0.15) is 49.3 Å². The summed E-state index contributed by atoms with van der Waals surface area (Å²) in [6.07, 6.45) is 2.02. The van der Waals surface area contributed by atoms with Crippen LogP contribution in [0.5, 0.6) is 0 Å². The van der Waals surface area contributed by atoms with Crippen molar-refractivity contribution in [2.45, 2.75) is 38.9 Å². The summed E-state index contributed by atoms with van der Waals surface area (Å²) in [4.78, 5) is 22.9. The van der Waals surface area contributed by atoms with Crippen LogP contribution < -0.4 is 0 Å². The lowest BCUT2D eigenvalue weighted by Crippen LogP contribution is -2.27. The van der Waals surface area contributed by atoms with Crippen molar-refractivity contribution in [3.8, 4) is 0 Å². The molecule has 1 aromatic heterocycles. The van der Waals surface area contributed by atoms with Crippen LogP contribution in [0, 0.1) is 5.82 Å². The number of allylic oxidation sites excluding steroid dienone is 1. The van der Waals surface area contributed by atoms with Crippen molar-refractivity contribution in [1.29, 1.82) is 0 Å². The fourth-order valence-corrected chi connectivity index (χ4v) is 2.75. The largest absolute Gasteiger partial charge is 0.442 e. The van der Waals surface area contributed by atoms with Gasteiger partial charge in [0, 0.05) is 12.6 Å². The Morgan fingerprint density at radius 2 is 2.15 bits per heavy atom. The zero-order chi connectivity index (χ0) is 19.1. The summed E-state index contributed by atoms with van der Waals surface area (Å²) in [7, 11) is 0. The molecule has 3 rings (SSSR count). The molecule has 2 aromatic rings. The third kappa shape index (κ3) is 3.57. The molecule has 26 heavy (non-hydrogen) atoms. The average molecular weight is 358 g/mol. The van der Waals surface area contributed by atoms with Crippen LogP contribution >= 0.6 is 0 Å². The van der Waals surface area contributed by atoms with Crippen molar-refractivity contribution in [3.05, 3.63) is 58.2 Å². The van der Waals surface area contributed by atoms with E-state index in [0.29, 0.717) is 28.5 Å². The molecule has 0 aliphatic heterocycles. The maximum Gasteiger partial charge on any atom is 0.435 e. The number of benzene rings is 1. The van der Waals surface area contributed by atoms with Gasteiger partial charge >= 0.3 is 6.09 Å². The molecule has 7 heteroatoms. The van der Waals surface area contributed by atoms with Gasteiger partial charge < -0.3 is 9.84 Å². The van der Waals surface area contributed by atoms with Crippen LogP contribution in [-0.2, 0) is 16.0 Å². The van der Waals surface area contributed by atoms with Crippen molar-refractivity contribution in [1.82, 2.24) is 9.78 Å². The second-order valence-electron chi connectivity index (χ2n) is 7.15. The van der Waals surface area contributed by atoms with Gasteiger partial charge in [-0.05, 0) is 67.3 Å². The van der Waals surface area contributed by atoms with E-state index >= 15 is 0 Å². The quantitative estimate of drug-likeness (QED) is 0.853. The van der Waals surface area contributed by atoms with Crippen LogP contribution in [-0.4, -0.2) is 32.9 Å². The van der Waals surface area contributed by atoms with E-state index in [1.165, 1.54) is 18.3 Å². The lowest BCUT2D eigenvalue weighted by Gasteiger charge is -2.18. The molecule has 1 aliphatic carbocycles. The van der Waals surface area contributed by atoms with Crippen LogP contribution in [0.15, 0.2) is 30.0 Å². The Morgan fingerprint density at radius 3 is 2.81 bits per heavy atom. The van der Waals surface area contributed by atoms with Gasteiger partial charge in [0.15, 0.2) is 0 Å². The maximum atomic E-state index is 14.3. The van der Waals surface area contributed by atoms with Crippen molar-refractivity contribution < 1.29 is 23.8 Å². The number of hydrogen-bond donors (Lipinski definition) is 1. The number of carbonyl (C=O) groups is 2. The van der Waals surface area contributed by atoms with E-state index < -0.39 is 23.6 Å². The Labute approximate surface area is 149 Å². The molecule has 0 spiro atoms. The number of aldehydes is 1. The number of aliphatic hydroxyl groups excluding tert-OH is 1. The first kappa shape index (κ1) is 18.0. The van der Waals surface area contributed by atoms with Gasteiger partial charge in [-0.15, -0.1) is 0 Å². The highest BCUT2D eigenvalue weighted by atomic mass is 19.1. The lowest BCUT2D eigenvalue weighted by molar-refractivity contribution is -0.104. The zero-order valence-corrected chi connectivity index (χ0v) is 14.7. The minimum atomic E-state index is -1.22. The molecule has 1 heterocycles. The van der Waals surface area contributed by atoms with E-state index in [9.17, 15) is 19.1 Å². The Bertz CT molecular complexity index is 909. The van der Waals surface area contributed by atoms with E-state index in [1.54, 1.807) is 32.9 Å². The lowest BCUT2D eigenvalue weighted by atomic mass is 10.0. The average Bonchev–Trinajstić information content (AvgIpc) is 3.19. The Kier molecular flexibility index (Phi) is 4.50. The van der Waals surface area contributed by atoms with Gasteiger partial charge in [0.25, 0.3) is 0 Å². The highest BCUT2D eigenvalue weighted by Crippen LogP contribution is 2.31. The standard InChI is InChI=1S/C19H19FN2O4/c1-19(2,3)26-18(25)22-5-4-16(21-22)17(24)13-8-12-6-11(10-23)7-14(12)15(20)9-13/h4-6,8-10,17,24H,7H2,1-3H3. The monoisotopic (exact) mass is 358 g/mol. The molecule has 1 unspecified atom stereocenters. The van der Waals surface area contributed by atoms with Crippen LogP contribution in [0.4, 0.5) is 9.18 Å². The molecule has 0 bridgehead atoms. The zero-order valence-electron chi connectivity index (χ0n) is 14.7. The molecular formula is C19H19FN2O4. The minimum absolute atomic E-state index is 0.188. The summed E-state index contributed by atoms with van der Waals surface area (Å²) in [6, 6.07) is 4.30. The summed E-state index contributed by atoms with van der Waals surface area (Å²) >= 11 is 0. The summed E-state index contributed by atoms with van der Waals surface area (Å²) in [6.45, 7) is 5.20. The first-order chi connectivity index (χ1) is 12.2. The third-order valence-electron chi connectivity index (χ3n) is 3.91. The second-order valence-corrected chi connectivity index (χ2v) is 7.15. The maximum absolute atomic E-state index is 14.3. The van der Waals surface area contributed by atoms with Crippen LogP contribution in [0.3, 0.4) is 0 Å². The van der Waals surface area contributed by atoms with Crippen molar-refractivity contribution >= 4 is 18.5 Å². The number of aromatic nitrogens is 2. The molecule has 6 nitrogen and oxygen atoms in total. The summed E-state index contributed by atoms with van der Waals surface area (Å²) in [5.74, 6) is -0.490. The highest BCUT2D eigenvalue weighted by Gasteiger charge is 2.23. The highest BCUT2D eigenvalue weighted by molar-refractivity contribution is 5.86. The number of rotatable bonds is 3. The Hall–Kier alpha value is -2.80. The van der Waals surface area contributed by atoms with Crippen LogP contribution in [0.25, 0.3) is 6.08 Å². The molecule has 0 saturated heterocycles. The molecular weight excluding hydrogens is 339 g/mol. The van der Waals surface area contributed by atoms with Crippen molar-refractivity contribution in [2.24, 2.45) is 0 Å². The third-order valence-corrected chi connectivity index (χ3v) is 3.91. The summed E-state index contributed by atoms with van der Waals surface area (Å²) in [5, 5.41) is 14.5. The number of ether oxygens (including phenoxy) is 1. The number of nitrogens with zero attached hydrogens (tertiary/aromatic N) is 2. The van der Waals surface area contributed by atoms with Gasteiger partial charge in [0.05, 0.1) is 5.69 Å². The Morgan fingerprint density at radius 1 is 1.42 bits per heavy atom. The van der Waals surface area contributed by atoms with Gasteiger partial charge in [-0.2, -0.15) is 9.78 Å². The van der Waals surface area contributed by atoms with Gasteiger partial charge in [0.2, 0.25) is 0 Å². The summed E-state index contributed by atoms with van der Waals surface area (Å²) < 4.78 is 20.5. The SMILES string of the molecule is CC(C)(C)OC(=O)n1ccc(C(O)c2cc(F)c3c(c2)C=C(C=O)C3)n1. The number of aliphatic hydroxyl groups is 1. The molecule has 0 radical (unpaired) electrons. The smallest absolute Gasteiger partial charge is 0.435 e. The topological polar surface area (TPSA) is 81.4 Å². The number of carbonyl (C=O) groups excluding carboxylic acids is 2.